The van der Waals surface area contributed by atoms with Gasteiger partial charge in [-0.2, -0.15) is 0 Å². The standard InChI is InChI=1S/C6H10O5/c7-1-4(2-8)5(3-9)6(10)11/h7-9H,1-3H2,(H,10,11)/p-1. The van der Waals surface area contributed by atoms with Crippen molar-refractivity contribution in [2.45, 2.75) is 0 Å². The van der Waals surface area contributed by atoms with Gasteiger partial charge in [0.2, 0.25) is 0 Å². The van der Waals surface area contributed by atoms with Gasteiger partial charge in [-0.25, -0.2) is 0 Å². The Kier molecular flexibility index (Phi) is 4.44. The molecule has 0 unspecified atom stereocenters. The highest BCUT2D eigenvalue weighted by Gasteiger charge is 2.04. The third kappa shape index (κ3) is 2.67. The first-order valence-electron chi connectivity index (χ1n) is 2.92. The third-order valence-electron chi connectivity index (χ3n) is 1.21. The van der Waals surface area contributed by atoms with Crippen LogP contribution in [0.5, 0.6) is 0 Å². The number of carbonyl (C=O) groups is 1. The number of rotatable bonds is 4. The fourth-order valence-corrected chi connectivity index (χ4v) is 0.562. The number of hydrogen-bond donors (Lipinski definition) is 3. The maximum absolute atomic E-state index is 10.1. The van der Waals surface area contributed by atoms with Gasteiger partial charge in [-0.1, -0.05) is 0 Å². The molecule has 0 spiro atoms. The van der Waals surface area contributed by atoms with Gasteiger partial charge in [0.05, 0.1) is 25.8 Å². The van der Waals surface area contributed by atoms with E-state index in [1.807, 2.05) is 0 Å². The number of hydrogen-bond acceptors (Lipinski definition) is 5. The molecule has 0 amide bonds. The molecule has 0 aromatic rings. The van der Waals surface area contributed by atoms with E-state index in [1.54, 1.807) is 0 Å². The zero-order chi connectivity index (χ0) is 8.85. The first-order chi connectivity index (χ1) is 5.17. The summed E-state index contributed by atoms with van der Waals surface area (Å²) in [6.07, 6.45) is 0. The Morgan fingerprint density at radius 1 is 1.09 bits per heavy atom. The van der Waals surface area contributed by atoms with Crippen LogP contribution in [0.2, 0.25) is 0 Å². The number of aliphatic hydroxyl groups is 3. The molecule has 0 heterocycles. The molecule has 0 aliphatic heterocycles. The molecule has 0 aliphatic carbocycles. The topological polar surface area (TPSA) is 101 Å². The summed E-state index contributed by atoms with van der Waals surface area (Å²) in [4.78, 5) is 10.1. The second-order valence-corrected chi connectivity index (χ2v) is 1.84. The van der Waals surface area contributed by atoms with Crippen molar-refractivity contribution >= 4 is 5.97 Å². The molecule has 0 saturated heterocycles. The van der Waals surface area contributed by atoms with Crippen LogP contribution in [0, 0.1) is 0 Å². The fraction of sp³-hybridized carbons (Fsp3) is 0.500. The quantitative estimate of drug-likeness (QED) is 0.382. The van der Waals surface area contributed by atoms with Crippen LogP contribution in [-0.4, -0.2) is 41.1 Å². The van der Waals surface area contributed by atoms with E-state index in [0.717, 1.165) is 0 Å². The molecule has 0 aromatic carbocycles. The molecule has 0 aromatic heterocycles. The summed E-state index contributed by atoms with van der Waals surface area (Å²) in [5, 5.41) is 35.5. The van der Waals surface area contributed by atoms with Gasteiger partial charge in [0.1, 0.15) is 0 Å². The van der Waals surface area contributed by atoms with E-state index in [-0.39, 0.29) is 5.57 Å². The van der Waals surface area contributed by atoms with Crippen LogP contribution in [0.3, 0.4) is 0 Å². The van der Waals surface area contributed by atoms with Crippen LogP contribution >= 0.6 is 0 Å². The van der Waals surface area contributed by atoms with Gasteiger partial charge in [-0.3, -0.25) is 0 Å². The van der Waals surface area contributed by atoms with E-state index >= 15 is 0 Å². The highest BCUT2D eigenvalue weighted by atomic mass is 16.4. The zero-order valence-electron chi connectivity index (χ0n) is 5.78. The lowest BCUT2D eigenvalue weighted by molar-refractivity contribution is -0.299. The summed E-state index contributed by atoms with van der Waals surface area (Å²) < 4.78 is 0. The Bertz CT molecular complexity index is 166. The van der Waals surface area contributed by atoms with Gasteiger partial charge in [0.15, 0.2) is 0 Å². The predicted octanol–water partition coefficient (Wildman–Crippen LogP) is -2.99. The molecular weight excluding hydrogens is 152 g/mol. The maximum atomic E-state index is 10.1. The van der Waals surface area contributed by atoms with Crippen LogP contribution < -0.4 is 5.11 Å². The summed E-state index contributed by atoms with van der Waals surface area (Å²) in [5.74, 6) is -1.58. The second kappa shape index (κ2) is 4.84. The Balaban J connectivity index is 4.62. The number of carboxylic acids is 1. The monoisotopic (exact) mass is 161 g/mol. The molecule has 0 bridgehead atoms. The summed E-state index contributed by atoms with van der Waals surface area (Å²) in [7, 11) is 0. The zero-order valence-corrected chi connectivity index (χ0v) is 5.78. The van der Waals surface area contributed by atoms with Gasteiger partial charge in [-0.05, 0) is 5.57 Å². The van der Waals surface area contributed by atoms with Crippen LogP contribution in [0.25, 0.3) is 0 Å². The van der Waals surface area contributed by atoms with E-state index in [9.17, 15) is 9.90 Å². The van der Waals surface area contributed by atoms with Crippen molar-refractivity contribution in [3.8, 4) is 0 Å². The maximum Gasteiger partial charge on any atom is 0.0700 e. The van der Waals surface area contributed by atoms with E-state index < -0.39 is 31.4 Å². The molecule has 5 heteroatoms. The molecule has 0 radical (unpaired) electrons. The summed E-state index contributed by atoms with van der Waals surface area (Å²) in [6.45, 7) is -1.94. The van der Waals surface area contributed by atoms with Crippen LogP contribution in [0.15, 0.2) is 11.1 Å². The minimum absolute atomic E-state index is 0.132. The van der Waals surface area contributed by atoms with Gasteiger partial charge >= 0.3 is 0 Å². The lowest BCUT2D eigenvalue weighted by atomic mass is 10.1. The van der Waals surface area contributed by atoms with E-state index in [2.05, 4.69) is 0 Å². The number of aliphatic hydroxyl groups excluding tert-OH is 3. The lowest BCUT2D eigenvalue weighted by Gasteiger charge is -2.09. The minimum atomic E-state index is -1.58. The normalized spacial score (nSPS) is 9.36. The van der Waals surface area contributed by atoms with Crippen molar-refractivity contribution in [3.05, 3.63) is 11.1 Å². The van der Waals surface area contributed by atoms with E-state index in [1.165, 1.54) is 0 Å². The summed E-state index contributed by atoms with van der Waals surface area (Å²) in [6, 6.07) is 0. The number of carbonyl (C=O) groups excluding carboxylic acids is 1. The molecule has 0 rings (SSSR count). The third-order valence-corrected chi connectivity index (χ3v) is 1.21. The van der Waals surface area contributed by atoms with E-state index in [4.69, 9.17) is 15.3 Å². The smallest absolute Gasteiger partial charge is 0.0700 e. The van der Waals surface area contributed by atoms with E-state index in [0.29, 0.717) is 0 Å². The Morgan fingerprint density at radius 3 is 1.64 bits per heavy atom. The number of aliphatic carboxylic acids is 1. The van der Waals surface area contributed by atoms with Gasteiger partial charge in [0.25, 0.3) is 0 Å². The molecule has 11 heavy (non-hydrogen) atoms. The average molecular weight is 161 g/mol. The van der Waals surface area contributed by atoms with Crippen molar-refractivity contribution in [1.29, 1.82) is 0 Å². The lowest BCUT2D eigenvalue weighted by Crippen LogP contribution is -2.28. The fourth-order valence-electron chi connectivity index (χ4n) is 0.562. The minimum Gasteiger partial charge on any atom is -0.545 e. The molecule has 0 atom stereocenters. The van der Waals surface area contributed by atoms with Crippen molar-refractivity contribution < 1.29 is 25.2 Å². The Labute approximate surface area is 63.2 Å². The Morgan fingerprint density at radius 2 is 1.55 bits per heavy atom. The first kappa shape index (κ1) is 10.1. The van der Waals surface area contributed by atoms with Crippen molar-refractivity contribution in [1.82, 2.24) is 0 Å². The number of carboxylic acid groups (broad SMARTS) is 1. The van der Waals surface area contributed by atoms with Crippen molar-refractivity contribution in [3.63, 3.8) is 0 Å². The molecular formula is C6H9O5-. The van der Waals surface area contributed by atoms with Crippen LogP contribution in [-0.2, 0) is 4.79 Å². The highest BCUT2D eigenvalue weighted by Crippen LogP contribution is 2.00. The van der Waals surface area contributed by atoms with Gasteiger partial charge < -0.3 is 25.2 Å². The molecule has 0 aliphatic rings. The van der Waals surface area contributed by atoms with Gasteiger partial charge in [0, 0.05) is 5.57 Å². The highest BCUT2D eigenvalue weighted by molar-refractivity contribution is 5.86. The molecule has 5 nitrogen and oxygen atoms in total. The van der Waals surface area contributed by atoms with Crippen molar-refractivity contribution in [2.75, 3.05) is 19.8 Å². The summed E-state index contributed by atoms with van der Waals surface area (Å²) >= 11 is 0. The Hall–Kier alpha value is -0.910. The predicted molar refractivity (Wildman–Crippen MR) is 33.3 cm³/mol. The van der Waals surface area contributed by atoms with Gasteiger partial charge in [-0.15, -0.1) is 0 Å². The SMILES string of the molecule is O=C([O-])C(CO)=C(CO)CO. The summed E-state index contributed by atoms with van der Waals surface area (Å²) in [5.41, 5.74) is -0.595. The average Bonchev–Trinajstić information content (AvgIpc) is 1.99. The molecule has 3 N–H and O–H groups in total. The molecule has 0 fully saturated rings. The molecule has 0 saturated carbocycles. The largest absolute Gasteiger partial charge is 0.545 e. The molecule has 64 valence electrons. The second-order valence-electron chi connectivity index (χ2n) is 1.84. The van der Waals surface area contributed by atoms with Crippen molar-refractivity contribution in [2.24, 2.45) is 0 Å². The van der Waals surface area contributed by atoms with Crippen LogP contribution in [0.1, 0.15) is 0 Å². The van der Waals surface area contributed by atoms with Crippen LogP contribution in [0.4, 0.5) is 0 Å². The first-order valence-corrected chi connectivity index (χ1v) is 2.92.